The molecule has 39 heavy (non-hydrogen) atoms. The third kappa shape index (κ3) is 4.72. The number of Topliss-reactive ketones (excluding diaryl/α,β-unsaturated/α-hetero) is 2. The molecule has 1 saturated heterocycles. The Balaban J connectivity index is 1.82. The minimum absolute atomic E-state index is 0.0153. The van der Waals surface area contributed by atoms with E-state index >= 15 is 0 Å². The van der Waals surface area contributed by atoms with Gasteiger partial charge in [-0.25, -0.2) is 15.0 Å². The zero-order valence-electron chi connectivity index (χ0n) is 21.8. The van der Waals surface area contributed by atoms with Crippen LogP contribution in [0.5, 0.6) is 0 Å². The lowest BCUT2D eigenvalue weighted by Crippen LogP contribution is -2.67. The maximum atomic E-state index is 13.5. The highest BCUT2D eigenvalue weighted by molar-refractivity contribution is 7.86. The van der Waals surface area contributed by atoms with Gasteiger partial charge in [0.2, 0.25) is 5.60 Å². The van der Waals surface area contributed by atoms with Crippen LogP contribution in [0.3, 0.4) is 0 Å². The van der Waals surface area contributed by atoms with Crippen LogP contribution in [0, 0.1) is 6.92 Å². The van der Waals surface area contributed by atoms with Crippen LogP contribution >= 0.6 is 0 Å². The first-order valence-electron chi connectivity index (χ1n) is 12.5. The van der Waals surface area contributed by atoms with Crippen molar-refractivity contribution in [3.8, 4) is 0 Å². The van der Waals surface area contributed by atoms with E-state index in [9.17, 15) is 28.2 Å². The van der Waals surface area contributed by atoms with Crippen LogP contribution in [0.1, 0.15) is 51.3 Å². The van der Waals surface area contributed by atoms with Crippen molar-refractivity contribution in [3.05, 3.63) is 42.5 Å². The monoisotopic (exact) mass is 561 g/mol. The Labute approximate surface area is 225 Å². The summed E-state index contributed by atoms with van der Waals surface area (Å²) in [4.78, 5) is 38.9. The minimum Gasteiger partial charge on any atom is -0.382 e. The van der Waals surface area contributed by atoms with E-state index in [4.69, 9.17) is 14.7 Å². The first kappa shape index (κ1) is 28.7. The van der Waals surface area contributed by atoms with Crippen molar-refractivity contribution in [2.45, 2.75) is 74.9 Å². The fourth-order valence-electron chi connectivity index (χ4n) is 4.76. The smallest absolute Gasteiger partial charge is 0.297 e. The highest BCUT2D eigenvalue weighted by atomic mass is 32.2. The van der Waals surface area contributed by atoms with Gasteiger partial charge < -0.3 is 20.7 Å². The van der Waals surface area contributed by atoms with E-state index in [2.05, 4.69) is 15.0 Å². The summed E-state index contributed by atoms with van der Waals surface area (Å²) in [5.74, 6) is -1.77. The molecule has 2 aromatic heterocycles. The van der Waals surface area contributed by atoms with Crippen molar-refractivity contribution >= 4 is 38.7 Å². The highest BCUT2D eigenvalue weighted by Crippen LogP contribution is 2.49. The fourth-order valence-corrected chi connectivity index (χ4v) is 5.66. The Morgan fingerprint density at radius 2 is 1.67 bits per heavy atom. The van der Waals surface area contributed by atoms with Crippen molar-refractivity contribution in [1.29, 1.82) is 0 Å². The number of hydrogen-bond acceptors (Lipinski definition) is 12. The molecule has 3 aromatic rings. The molecule has 0 bridgehead atoms. The van der Waals surface area contributed by atoms with Crippen molar-refractivity contribution in [1.82, 2.24) is 19.5 Å². The van der Waals surface area contributed by atoms with E-state index in [1.54, 1.807) is 32.9 Å². The number of ketones is 2. The summed E-state index contributed by atoms with van der Waals surface area (Å²) in [6.07, 6.45) is -1.04. The molecular weight excluding hydrogens is 530 g/mol. The van der Waals surface area contributed by atoms with Gasteiger partial charge in [0.05, 0.1) is 17.8 Å². The highest BCUT2D eigenvalue weighted by Gasteiger charge is 2.73. The first-order chi connectivity index (χ1) is 18.4. The maximum Gasteiger partial charge on any atom is 0.297 e. The lowest BCUT2D eigenvalue weighted by molar-refractivity contribution is -0.184. The molecule has 4 atom stereocenters. The van der Waals surface area contributed by atoms with Crippen LogP contribution in [0.4, 0.5) is 5.82 Å². The number of carbonyl (C=O) groups is 2. The molecule has 0 aliphatic carbocycles. The number of aromatic nitrogens is 4. The van der Waals surface area contributed by atoms with Gasteiger partial charge in [-0.3, -0.25) is 18.3 Å². The van der Waals surface area contributed by atoms with Crippen LogP contribution in [-0.2, 0) is 28.6 Å². The predicted molar refractivity (Wildman–Crippen MR) is 138 cm³/mol. The number of nitrogen functional groups attached to an aromatic ring is 1. The Morgan fingerprint density at radius 3 is 2.28 bits per heavy atom. The molecule has 0 amide bonds. The fraction of sp³-hybridized carbons (Fsp3) is 0.480. The molecule has 4 rings (SSSR count). The number of nitrogens with zero attached hydrogens (tertiary/aromatic N) is 4. The third-order valence-electron chi connectivity index (χ3n) is 6.83. The molecule has 1 aliphatic heterocycles. The van der Waals surface area contributed by atoms with Crippen LogP contribution in [-0.4, -0.2) is 73.6 Å². The molecule has 210 valence electrons. The summed E-state index contributed by atoms with van der Waals surface area (Å²) in [5, 5.41) is 24.0. The van der Waals surface area contributed by atoms with E-state index in [0.29, 0.717) is 0 Å². The van der Waals surface area contributed by atoms with E-state index in [1.165, 1.54) is 23.0 Å². The van der Waals surface area contributed by atoms with Gasteiger partial charge in [0, 0.05) is 12.8 Å². The summed E-state index contributed by atoms with van der Waals surface area (Å²) in [7, 11) is -4.36. The molecular formula is C25H31N5O8S. The topological polar surface area (TPSA) is 197 Å². The molecule has 3 heterocycles. The van der Waals surface area contributed by atoms with Gasteiger partial charge in [0.25, 0.3) is 10.1 Å². The number of carbonyl (C=O) groups excluding carboxylic acids is 2. The lowest BCUT2D eigenvalue weighted by atomic mass is 9.72. The average molecular weight is 562 g/mol. The molecule has 1 fully saturated rings. The normalized spacial score (nSPS) is 25.3. The van der Waals surface area contributed by atoms with Crippen LogP contribution < -0.4 is 5.73 Å². The van der Waals surface area contributed by atoms with Crippen LogP contribution in [0.25, 0.3) is 11.2 Å². The quantitative estimate of drug-likeness (QED) is 0.283. The molecule has 0 spiro atoms. The van der Waals surface area contributed by atoms with Crippen molar-refractivity contribution in [2.24, 2.45) is 0 Å². The average Bonchev–Trinajstić information content (AvgIpc) is 3.42. The molecule has 14 heteroatoms. The summed E-state index contributed by atoms with van der Waals surface area (Å²) in [6, 6.07) is 5.86. The second kappa shape index (κ2) is 10.7. The molecule has 13 nitrogen and oxygen atoms in total. The lowest BCUT2D eigenvalue weighted by Gasteiger charge is -2.38. The zero-order valence-corrected chi connectivity index (χ0v) is 22.6. The number of hydrogen-bond donors (Lipinski definition) is 3. The van der Waals surface area contributed by atoms with E-state index in [-0.39, 0.29) is 47.6 Å². The van der Waals surface area contributed by atoms with Crippen LogP contribution in [0.2, 0.25) is 0 Å². The molecule has 0 unspecified atom stereocenters. The van der Waals surface area contributed by atoms with Gasteiger partial charge in [0.15, 0.2) is 34.9 Å². The van der Waals surface area contributed by atoms with Crippen molar-refractivity contribution in [2.75, 3.05) is 12.3 Å². The Morgan fingerprint density at radius 1 is 1.05 bits per heavy atom. The number of aryl methyl sites for hydroxylation is 1. The van der Waals surface area contributed by atoms with Crippen molar-refractivity contribution in [3.63, 3.8) is 0 Å². The largest absolute Gasteiger partial charge is 0.382 e. The number of aliphatic hydroxyl groups is 2. The SMILES string of the molecule is CCCC(=O)[C@@]1(O)[C@@H](COS(=O)(=O)c2ccc(C)cc2)O[C@@H](n2cnc3c(N)ncnc32)[C@@]1(O)C(=O)CCC. The number of rotatable bonds is 11. The number of nitrogens with two attached hydrogens (primary N) is 1. The maximum absolute atomic E-state index is 13.5. The third-order valence-corrected chi connectivity index (χ3v) is 8.12. The first-order valence-corrected chi connectivity index (χ1v) is 13.9. The summed E-state index contributed by atoms with van der Waals surface area (Å²) < 4.78 is 38.2. The second-order valence-corrected chi connectivity index (χ2v) is 11.1. The van der Waals surface area contributed by atoms with E-state index in [0.717, 1.165) is 11.9 Å². The van der Waals surface area contributed by atoms with Gasteiger partial charge in [0.1, 0.15) is 17.9 Å². The number of benzene rings is 1. The number of ether oxygens (including phenoxy) is 1. The van der Waals surface area contributed by atoms with Gasteiger partial charge in [-0.05, 0) is 31.9 Å². The predicted octanol–water partition coefficient (Wildman–Crippen LogP) is 1.22. The summed E-state index contributed by atoms with van der Waals surface area (Å²) in [5.41, 5.74) is 1.20. The Hall–Kier alpha value is -3.30. The standard InChI is InChI=1S/C25H31N5O8S/c1-4-6-17(31)24(33)19(12-37-39(35,36)16-10-8-15(3)9-11-16)38-23(25(24,34)18(32)7-5-2)30-14-29-20-21(26)27-13-28-22(20)30/h8-11,13-14,19,23,33-34H,4-7,12H2,1-3H3,(H2,26,27,28)/t19-,23-,24-,25+/m1/s1. The molecule has 4 N–H and O–H groups in total. The molecule has 1 aliphatic rings. The van der Waals surface area contributed by atoms with Gasteiger partial charge >= 0.3 is 0 Å². The van der Waals surface area contributed by atoms with Gasteiger partial charge in [-0.2, -0.15) is 8.42 Å². The summed E-state index contributed by atoms with van der Waals surface area (Å²) >= 11 is 0. The zero-order chi connectivity index (χ0) is 28.6. The van der Waals surface area contributed by atoms with E-state index < -0.39 is 51.8 Å². The number of imidazole rings is 1. The minimum atomic E-state index is -4.36. The number of fused-ring (bicyclic) bond motifs is 1. The van der Waals surface area contributed by atoms with Crippen molar-refractivity contribution < 1.29 is 37.1 Å². The number of anilines is 1. The molecule has 1 aromatic carbocycles. The molecule has 0 radical (unpaired) electrons. The van der Waals surface area contributed by atoms with Crippen LogP contribution in [0.15, 0.2) is 41.8 Å². The van der Waals surface area contributed by atoms with Gasteiger partial charge in [-0.15, -0.1) is 0 Å². The Kier molecular flexibility index (Phi) is 7.87. The second-order valence-electron chi connectivity index (χ2n) is 9.49. The van der Waals surface area contributed by atoms with E-state index in [1.807, 2.05) is 0 Å². The van der Waals surface area contributed by atoms with Gasteiger partial charge in [-0.1, -0.05) is 31.5 Å². The summed E-state index contributed by atoms with van der Waals surface area (Å²) in [6.45, 7) is 4.28. The molecule has 0 saturated carbocycles. The Bertz CT molecular complexity index is 1490.